The second-order valence-corrected chi connectivity index (χ2v) is 8.43. The quantitative estimate of drug-likeness (QED) is 0.547. The maximum Gasteiger partial charge on any atom is 0.257 e. The smallest absolute Gasteiger partial charge is 0.257 e. The maximum absolute atomic E-state index is 12.9. The van der Waals surface area contributed by atoms with E-state index in [1.54, 1.807) is 19.2 Å². The Labute approximate surface area is 166 Å². The number of amides is 2. The van der Waals surface area contributed by atoms with Crippen LogP contribution in [0.4, 0.5) is 5.69 Å². The van der Waals surface area contributed by atoms with Crippen LogP contribution in [0, 0.1) is 0 Å². The molecule has 0 spiro atoms. The highest BCUT2D eigenvalue weighted by Gasteiger charge is 2.31. The number of rotatable bonds is 5. The Bertz CT molecular complexity index is 1080. The lowest BCUT2D eigenvalue weighted by Crippen LogP contribution is -2.25. The zero-order valence-electron chi connectivity index (χ0n) is 14.7. The second kappa shape index (κ2) is 8.05. The first-order chi connectivity index (χ1) is 13.4. The highest BCUT2D eigenvalue weighted by atomic mass is 32.2. The van der Waals surface area contributed by atoms with Gasteiger partial charge in [0.25, 0.3) is 11.8 Å². The molecule has 1 heterocycles. The predicted octanol–water partition coefficient (Wildman–Crippen LogP) is 2.08. The van der Waals surface area contributed by atoms with Gasteiger partial charge in [-0.2, -0.15) is 0 Å². The van der Waals surface area contributed by atoms with Gasteiger partial charge in [-0.15, -0.1) is 0 Å². The minimum atomic E-state index is -3.92. The molecular formula is C18H17N3O5S2. The molecule has 3 rings (SSSR count). The molecule has 0 aromatic heterocycles. The molecule has 0 saturated heterocycles. The molecule has 0 radical (unpaired) electrons. The van der Waals surface area contributed by atoms with Crippen LogP contribution in [0.25, 0.3) is 0 Å². The highest BCUT2D eigenvalue weighted by molar-refractivity contribution is 7.97. The van der Waals surface area contributed by atoms with Gasteiger partial charge in [0.15, 0.2) is 0 Å². The fourth-order valence-corrected chi connectivity index (χ4v) is 4.64. The Morgan fingerprint density at radius 3 is 2.68 bits per heavy atom. The summed E-state index contributed by atoms with van der Waals surface area (Å²) in [6.45, 7) is 0.0774. The van der Waals surface area contributed by atoms with Gasteiger partial charge in [0.05, 0.1) is 27.6 Å². The summed E-state index contributed by atoms with van der Waals surface area (Å²) in [5, 5.41) is 7.92. The molecule has 8 nitrogen and oxygen atoms in total. The molecule has 0 atom stereocenters. The van der Waals surface area contributed by atoms with Crippen LogP contribution >= 0.6 is 12.0 Å². The van der Waals surface area contributed by atoms with E-state index in [-0.39, 0.29) is 33.2 Å². The molecule has 0 bridgehead atoms. The van der Waals surface area contributed by atoms with Crippen molar-refractivity contribution in [2.24, 2.45) is 0 Å². The van der Waals surface area contributed by atoms with E-state index < -0.39 is 21.7 Å². The number of anilines is 1. The molecule has 4 N–H and O–H groups in total. The summed E-state index contributed by atoms with van der Waals surface area (Å²) in [5.74, 6) is -1.04. The fraction of sp³-hybridized carbons (Fsp3) is 0.111. The lowest BCUT2D eigenvalue weighted by Gasteiger charge is -2.10. The van der Waals surface area contributed by atoms with Gasteiger partial charge in [0, 0.05) is 35.8 Å². The van der Waals surface area contributed by atoms with Crippen molar-refractivity contribution in [3.63, 3.8) is 0 Å². The second-order valence-electron chi connectivity index (χ2n) is 5.84. The third-order valence-corrected chi connectivity index (χ3v) is 6.41. The van der Waals surface area contributed by atoms with Crippen molar-refractivity contribution >= 4 is 39.4 Å². The van der Waals surface area contributed by atoms with Crippen LogP contribution in [-0.4, -0.2) is 38.4 Å². The maximum atomic E-state index is 12.9. The molecule has 2 aromatic carbocycles. The lowest BCUT2D eigenvalue weighted by molar-refractivity contribution is 0.0956. The summed E-state index contributed by atoms with van der Waals surface area (Å²) in [7, 11) is -2.26. The SMILES string of the molecule is CN/C=C(/CNC(=O)c1ccc2c(c1)NC(=O)c1ccccc1S2(=O)=O)SO. The van der Waals surface area contributed by atoms with E-state index >= 15 is 0 Å². The van der Waals surface area contributed by atoms with Crippen LogP contribution < -0.4 is 16.0 Å². The highest BCUT2D eigenvalue weighted by Crippen LogP contribution is 2.34. The van der Waals surface area contributed by atoms with Crippen LogP contribution in [0.5, 0.6) is 0 Å². The molecule has 10 heteroatoms. The van der Waals surface area contributed by atoms with Crippen LogP contribution in [0.2, 0.25) is 0 Å². The van der Waals surface area contributed by atoms with Crippen molar-refractivity contribution in [3.05, 3.63) is 64.7 Å². The molecule has 1 aliphatic heterocycles. The zero-order valence-corrected chi connectivity index (χ0v) is 16.4. The number of hydrogen-bond donors (Lipinski definition) is 4. The standard InChI is InChI=1S/C18H17N3O5S2/c1-19-9-12(27-24)10-20-17(22)11-6-7-16-14(8-11)21-18(23)13-4-2-3-5-15(13)28(16,25)26/h2-9,19,24H,10H2,1H3,(H,20,22)(H,21,23)/b12-9-. The summed E-state index contributed by atoms with van der Waals surface area (Å²) in [5.41, 5.74) is 0.259. The minimum Gasteiger partial charge on any atom is -0.393 e. The van der Waals surface area contributed by atoms with Crippen LogP contribution in [0.1, 0.15) is 20.7 Å². The van der Waals surface area contributed by atoms with Crippen LogP contribution in [0.15, 0.2) is 63.4 Å². The van der Waals surface area contributed by atoms with E-state index in [4.69, 9.17) is 4.55 Å². The Morgan fingerprint density at radius 2 is 1.96 bits per heavy atom. The number of carbonyl (C=O) groups excluding carboxylic acids is 2. The largest absolute Gasteiger partial charge is 0.393 e. The molecule has 0 fully saturated rings. The molecular weight excluding hydrogens is 402 g/mol. The summed E-state index contributed by atoms with van der Waals surface area (Å²) in [4.78, 5) is 25.2. The van der Waals surface area contributed by atoms with Gasteiger partial charge in [0.1, 0.15) is 0 Å². The van der Waals surface area contributed by atoms with Gasteiger partial charge in [-0.25, -0.2) is 8.42 Å². The average molecular weight is 419 g/mol. The number of hydrogen-bond acceptors (Lipinski definition) is 7. The Kier molecular flexibility index (Phi) is 5.73. The molecule has 2 aromatic rings. The summed E-state index contributed by atoms with van der Waals surface area (Å²) < 4.78 is 35.0. The molecule has 146 valence electrons. The van der Waals surface area contributed by atoms with E-state index in [9.17, 15) is 18.0 Å². The Morgan fingerprint density at radius 1 is 1.21 bits per heavy atom. The number of fused-ring (bicyclic) bond motifs is 2. The van der Waals surface area contributed by atoms with Crippen molar-refractivity contribution in [3.8, 4) is 0 Å². The first kappa shape index (κ1) is 19.9. The summed E-state index contributed by atoms with van der Waals surface area (Å²) in [6, 6.07) is 9.93. The van der Waals surface area contributed by atoms with Crippen LogP contribution in [-0.2, 0) is 9.84 Å². The Balaban J connectivity index is 1.94. The number of sulfone groups is 1. The minimum absolute atomic E-state index is 0.0383. The van der Waals surface area contributed by atoms with Gasteiger partial charge in [0.2, 0.25) is 9.84 Å². The molecule has 2 amide bonds. The van der Waals surface area contributed by atoms with E-state index in [0.29, 0.717) is 16.9 Å². The third-order valence-electron chi connectivity index (χ3n) is 4.05. The number of nitrogens with one attached hydrogen (secondary N) is 3. The molecule has 1 aliphatic rings. The zero-order chi connectivity index (χ0) is 20.3. The first-order valence-electron chi connectivity index (χ1n) is 8.14. The first-order valence-corrected chi connectivity index (χ1v) is 10.4. The molecule has 0 aliphatic carbocycles. The Hall–Kier alpha value is -2.82. The summed E-state index contributed by atoms with van der Waals surface area (Å²) in [6.07, 6.45) is 1.53. The number of benzene rings is 2. The van der Waals surface area contributed by atoms with Crippen LogP contribution in [0.3, 0.4) is 0 Å². The van der Waals surface area contributed by atoms with Gasteiger partial charge in [-0.05, 0) is 30.3 Å². The van der Waals surface area contributed by atoms with Crippen molar-refractivity contribution in [2.75, 3.05) is 18.9 Å². The third kappa shape index (κ3) is 3.75. The van der Waals surface area contributed by atoms with Gasteiger partial charge in [-0.1, -0.05) is 12.1 Å². The summed E-state index contributed by atoms with van der Waals surface area (Å²) >= 11 is 0.498. The average Bonchev–Trinajstić information content (AvgIpc) is 2.78. The van der Waals surface area contributed by atoms with Gasteiger partial charge in [-0.3, -0.25) is 9.59 Å². The fourth-order valence-electron chi connectivity index (χ4n) is 2.74. The van der Waals surface area contributed by atoms with E-state index in [1.165, 1.54) is 36.5 Å². The normalized spacial score (nSPS) is 14.9. The van der Waals surface area contributed by atoms with E-state index in [2.05, 4.69) is 16.0 Å². The lowest BCUT2D eigenvalue weighted by atomic mass is 10.1. The van der Waals surface area contributed by atoms with Gasteiger partial charge >= 0.3 is 0 Å². The van der Waals surface area contributed by atoms with Crippen molar-refractivity contribution < 1.29 is 22.6 Å². The van der Waals surface area contributed by atoms with Gasteiger partial charge < -0.3 is 20.5 Å². The molecule has 0 saturated carbocycles. The molecule has 0 unspecified atom stereocenters. The van der Waals surface area contributed by atoms with Crippen molar-refractivity contribution in [1.29, 1.82) is 0 Å². The number of carbonyl (C=O) groups is 2. The predicted molar refractivity (Wildman–Crippen MR) is 106 cm³/mol. The topological polar surface area (TPSA) is 125 Å². The monoisotopic (exact) mass is 419 g/mol. The van der Waals surface area contributed by atoms with E-state index in [1.807, 2.05) is 0 Å². The molecule has 28 heavy (non-hydrogen) atoms. The van der Waals surface area contributed by atoms with Crippen molar-refractivity contribution in [2.45, 2.75) is 9.79 Å². The van der Waals surface area contributed by atoms with E-state index in [0.717, 1.165) is 0 Å². The van der Waals surface area contributed by atoms with Crippen molar-refractivity contribution in [1.82, 2.24) is 10.6 Å².